The Morgan fingerprint density at radius 2 is 0.750 bits per heavy atom. The second-order valence-electron chi connectivity index (χ2n) is 2.51. The Hall–Kier alpha value is -2.64. The third-order valence-corrected chi connectivity index (χ3v) is 0.668. The topological polar surface area (TPSA) is 287 Å². The van der Waals surface area contributed by atoms with E-state index in [9.17, 15) is 9.59 Å². The molecule has 0 aromatic rings. The van der Waals surface area contributed by atoms with Crippen molar-refractivity contribution in [3.05, 3.63) is 0 Å². The van der Waals surface area contributed by atoms with Gasteiger partial charge in [-0.05, 0) is 0 Å². The van der Waals surface area contributed by atoms with Crippen molar-refractivity contribution in [2.75, 3.05) is 0 Å². The first kappa shape index (κ1) is 33.1. The van der Waals surface area contributed by atoms with E-state index in [4.69, 9.17) is 64.9 Å². The summed E-state index contributed by atoms with van der Waals surface area (Å²) in [5.74, 6) is -9.92. The summed E-state index contributed by atoms with van der Waals surface area (Å²) in [4.78, 5) is 55.3. The van der Waals surface area contributed by atoms with Gasteiger partial charge in [-0.1, -0.05) is 0 Å². The standard InChI is InChI=1S/C3H4O4.2C2H2O4.BH2O3.Li/c4-2(5)1-3(6)7;2*3-1(4)2(5)6;2-1(3)4;/h1H2,(H,4,5)(H,6,7);2*(H,3,4)(H,5,6);2-3H;/q;;;-1;+1. The van der Waals surface area contributed by atoms with Crippen LogP contribution in [0.1, 0.15) is 6.42 Å². The molecular formula is C7H10BLiO15. The number of carboxylic acids is 6. The minimum Gasteiger partial charge on any atom is -0.832 e. The monoisotopic (exact) mass is 352 g/mol. The van der Waals surface area contributed by atoms with Crippen molar-refractivity contribution in [2.45, 2.75) is 6.42 Å². The van der Waals surface area contributed by atoms with Crippen LogP contribution in [0.3, 0.4) is 0 Å². The van der Waals surface area contributed by atoms with E-state index in [1.165, 1.54) is 0 Å². The zero-order valence-electron chi connectivity index (χ0n) is 11.7. The number of hydrogen-bond donors (Lipinski definition) is 8. The summed E-state index contributed by atoms with van der Waals surface area (Å²) >= 11 is 0. The largest absolute Gasteiger partial charge is 1.00 e. The zero-order chi connectivity index (χ0) is 19.7. The fourth-order valence-electron chi connectivity index (χ4n) is 0.129. The Kier molecular flexibility index (Phi) is 28.1. The Bertz CT molecular complexity index is 369. The molecule has 0 unspecified atom stereocenters. The van der Waals surface area contributed by atoms with E-state index in [2.05, 4.69) is 0 Å². The van der Waals surface area contributed by atoms with Gasteiger partial charge in [-0.3, -0.25) is 9.59 Å². The summed E-state index contributed by atoms with van der Waals surface area (Å²) in [6, 6.07) is 0. The molecule has 0 aromatic heterocycles. The van der Waals surface area contributed by atoms with Gasteiger partial charge in [0.25, 0.3) is 0 Å². The van der Waals surface area contributed by atoms with Crippen LogP contribution in [0.25, 0.3) is 0 Å². The molecule has 0 bridgehead atoms. The van der Waals surface area contributed by atoms with Gasteiger partial charge in [0, 0.05) is 0 Å². The first-order valence-electron chi connectivity index (χ1n) is 4.53. The molecular weight excluding hydrogens is 342 g/mol. The van der Waals surface area contributed by atoms with E-state index < -0.39 is 49.6 Å². The molecule has 132 valence electrons. The molecule has 0 amide bonds. The maximum absolute atomic E-state index is 9.43. The number of aliphatic carboxylic acids is 6. The molecule has 24 heavy (non-hydrogen) atoms. The molecule has 0 aromatic carbocycles. The third kappa shape index (κ3) is 74.5. The molecule has 0 aliphatic carbocycles. The van der Waals surface area contributed by atoms with E-state index in [0.29, 0.717) is 0 Å². The second-order valence-corrected chi connectivity index (χ2v) is 2.51. The van der Waals surface area contributed by atoms with Crippen LogP contribution in [-0.4, -0.2) is 83.8 Å². The van der Waals surface area contributed by atoms with Gasteiger partial charge in [-0.25, -0.2) is 19.2 Å². The van der Waals surface area contributed by atoms with Crippen molar-refractivity contribution >= 4 is 43.1 Å². The van der Waals surface area contributed by atoms with Crippen molar-refractivity contribution in [1.82, 2.24) is 0 Å². The van der Waals surface area contributed by atoms with E-state index >= 15 is 0 Å². The Morgan fingerprint density at radius 3 is 0.750 bits per heavy atom. The van der Waals surface area contributed by atoms with Crippen molar-refractivity contribution in [3.8, 4) is 0 Å². The minimum atomic E-state index is -2.42. The van der Waals surface area contributed by atoms with Crippen LogP contribution in [0.5, 0.6) is 0 Å². The normalized spacial score (nSPS) is 7.12. The Labute approximate surface area is 143 Å². The maximum Gasteiger partial charge on any atom is 1.00 e. The molecule has 8 N–H and O–H groups in total. The smallest absolute Gasteiger partial charge is 0.832 e. The number of rotatable bonds is 2. The average molecular weight is 352 g/mol. The van der Waals surface area contributed by atoms with Crippen LogP contribution in [0, 0.1) is 0 Å². The molecule has 0 heterocycles. The van der Waals surface area contributed by atoms with E-state index in [1.807, 2.05) is 0 Å². The molecule has 15 nitrogen and oxygen atoms in total. The van der Waals surface area contributed by atoms with Crippen molar-refractivity contribution in [3.63, 3.8) is 0 Å². The van der Waals surface area contributed by atoms with Crippen LogP contribution in [0.15, 0.2) is 0 Å². The molecule has 0 aliphatic rings. The number of carboxylic acid groups (broad SMARTS) is 6. The summed E-state index contributed by atoms with van der Waals surface area (Å²) in [6.45, 7) is 0. The van der Waals surface area contributed by atoms with Gasteiger partial charge < -0.3 is 45.7 Å². The second kappa shape index (κ2) is 20.4. The summed E-state index contributed by atoms with van der Waals surface area (Å²) in [5, 5.41) is 67.7. The first-order chi connectivity index (χ1) is 10.1. The maximum atomic E-state index is 9.43. The van der Waals surface area contributed by atoms with Crippen LogP contribution < -0.4 is 23.9 Å². The molecule has 0 spiro atoms. The van der Waals surface area contributed by atoms with E-state index in [-0.39, 0.29) is 18.9 Å². The van der Waals surface area contributed by atoms with Gasteiger partial charge in [0.15, 0.2) is 0 Å². The molecule has 17 heteroatoms. The predicted octanol–water partition coefficient (Wildman–Crippen LogP) is -7.82. The van der Waals surface area contributed by atoms with E-state index in [1.54, 1.807) is 0 Å². The Morgan fingerprint density at radius 1 is 0.625 bits per heavy atom. The van der Waals surface area contributed by atoms with Gasteiger partial charge >= 0.3 is 62.0 Å². The third-order valence-electron chi connectivity index (χ3n) is 0.668. The Balaban J connectivity index is -0.0000000670. The van der Waals surface area contributed by atoms with Crippen molar-refractivity contribution in [1.29, 1.82) is 0 Å². The summed E-state index contributed by atoms with van der Waals surface area (Å²) in [5.41, 5.74) is 0. The summed E-state index contributed by atoms with van der Waals surface area (Å²) in [7, 11) is -2.42. The van der Waals surface area contributed by atoms with Crippen molar-refractivity contribution in [2.24, 2.45) is 0 Å². The summed E-state index contributed by atoms with van der Waals surface area (Å²) < 4.78 is 0. The SMILES string of the molecule is O=C(O)C(=O)O.O=C(O)C(=O)O.O=C(O)CC(=O)O.[Li+].[O-]B(O)O. The van der Waals surface area contributed by atoms with Gasteiger partial charge in [0.05, 0.1) is 0 Å². The molecule has 0 radical (unpaired) electrons. The number of hydrogen-bond acceptors (Lipinski definition) is 9. The van der Waals surface area contributed by atoms with Crippen LogP contribution >= 0.6 is 0 Å². The molecule has 0 fully saturated rings. The minimum absolute atomic E-state index is 0. The zero-order valence-corrected chi connectivity index (χ0v) is 11.7. The van der Waals surface area contributed by atoms with Gasteiger partial charge in [-0.2, -0.15) is 0 Å². The average Bonchev–Trinajstić information content (AvgIpc) is 2.27. The van der Waals surface area contributed by atoms with Crippen LogP contribution in [-0.2, 0) is 28.8 Å². The fraction of sp³-hybridized carbons (Fsp3) is 0.143. The van der Waals surface area contributed by atoms with Gasteiger partial charge in [0.2, 0.25) is 0 Å². The number of carbonyl (C=O) groups is 6. The quantitative estimate of drug-likeness (QED) is 0.130. The summed E-state index contributed by atoms with van der Waals surface area (Å²) in [6.07, 6.45) is -0.806. The predicted molar refractivity (Wildman–Crippen MR) is 60.6 cm³/mol. The fourth-order valence-corrected chi connectivity index (χ4v) is 0.129. The molecule has 0 rings (SSSR count). The van der Waals surface area contributed by atoms with Crippen molar-refractivity contribution < 1.29 is 93.3 Å². The molecule has 0 aliphatic heterocycles. The first-order valence-corrected chi connectivity index (χ1v) is 4.53. The molecule has 0 saturated heterocycles. The van der Waals surface area contributed by atoms with Crippen LogP contribution in [0.2, 0.25) is 0 Å². The van der Waals surface area contributed by atoms with Gasteiger partial charge in [-0.15, -0.1) is 0 Å². The molecule has 0 saturated carbocycles. The van der Waals surface area contributed by atoms with E-state index in [0.717, 1.165) is 0 Å². The molecule has 0 atom stereocenters. The van der Waals surface area contributed by atoms with Gasteiger partial charge in [0.1, 0.15) is 6.42 Å². The van der Waals surface area contributed by atoms with Crippen LogP contribution in [0.4, 0.5) is 0 Å².